The quantitative estimate of drug-likeness (QED) is 0.734. The van der Waals surface area contributed by atoms with E-state index in [1.54, 1.807) is 11.0 Å². The van der Waals surface area contributed by atoms with Gasteiger partial charge in [-0.25, -0.2) is 9.67 Å². The van der Waals surface area contributed by atoms with E-state index in [1.807, 2.05) is 25.3 Å². The monoisotopic (exact) mass is 216 g/mol. The normalized spacial score (nSPS) is 11.8. The molecule has 0 aliphatic rings. The van der Waals surface area contributed by atoms with Crippen LogP contribution in [0.2, 0.25) is 0 Å². The van der Waals surface area contributed by atoms with E-state index in [1.165, 1.54) is 0 Å². The van der Waals surface area contributed by atoms with Crippen molar-refractivity contribution in [3.63, 3.8) is 0 Å². The Morgan fingerprint density at radius 3 is 2.31 bits per heavy atom. The van der Waals surface area contributed by atoms with Crippen molar-refractivity contribution < 1.29 is 0 Å². The number of aryl methyl sites for hydroxylation is 1. The number of hydrogen-bond acceptors (Lipinski definition) is 3. The Morgan fingerprint density at radius 2 is 1.88 bits per heavy atom. The first-order valence-corrected chi connectivity index (χ1v) is 5.32. The van der Waals surface area contributed by atoms with Crippen LogP contribution in [0.3, 0.4) is 0 Å². The SMILES string of the molecule is Cc1ncnn1-c1ccc(C(C)(C)C)nc1. The van der Waals surface area contributed by atoms with Crippen molar-refractivity contribution in [1.82, 2.24) is 19.7 Å². The molecule has 0 bridgehead atoms. The fraction of sp³-hybridized carbons (Fsp3) is 0.417. The molecular formula is C12H16N4. The number of aromatic nitrogens is 4. The van der Waals surface area contributed by atoms with E-state index < -0.39 is 0 Å². The van der Waals surface area contributed by atoms with Crippen LogP contribution in [-0.2, 0) is 5.41 Å². The van der Waals surface area contributed by atoms with Crippen LogP contribution in [0.15, 0.2) is 24.7 Å². The molecule has 0 atom stereocenters. The van der Waals surface area contributed by atoms with E-state index in [0.717, 1.165) is 17.2 Å². The lowest BCUT2D eigenvalue weighted by Gasteiger charge is -2.17. The van der Waals surface area contributed by atoms with E-state index in [9.17, 15) is 0 Å². The third-order valence-corrected chi connectivity index (χ3v) is 2.48. The fourth-order valence-corrected chi connectivity index (χ4v) is 1.51. The third-order valence-electron chi connectivity index (χ3n) is 2.48. The van der Waals surface area contributed by atoms with Crippen molar-refractivity contribution in [1.29, 1.82) is 0 Å². The Kier molecular flexibility index (Phi) is 2.50. The molecular weight excluding hydrogens is 200 g/mol. The molecule has 0 amide bonds. The van der Waals surface area contributed by atoms with Gasteiger partial charge < -0.3 is 0 Å². The van der Waals surface area contributed by atoms with Gasteiger partial charge in [0, 0.05) is 11.1 Å². The van der Waals surface area contributed by atoms with Gasteiger partial charge in [-0.1, -0.05) is 20.8 Å². The molecule has 0 aliphatic heterocycles. The highest BCUT2D eigenvalue weighted by Crippen LogP contribution is 2.20. The molecule has 4 nitrogen and oxygen atoms in total. The summed E-state index contributed by atoms with van der Waals surface area (Å²) in [5.74, 6) is 0.866. The molecule has 0 saturated carbocycles. The zero-order valence-electron chi connectivity index (χ0n) is 10.1. The van der Waals surface area contributed by atoms with Crippen LogP contribution in [-0.4, -0.2) is 19.7 Å². The average molecular weight is 216 g/mol. The molecule has 2 rings (SSSR count). The van der Waals surface area contributed by atoms with Gasteiger partial charge in [-0.05, 0) is 19.1 Å². The Balaban J connectivity index is 2.37. The highest BCUT2D eigenvalue weighted by molar-refractivity contribution is 5.30. The van der Waals surface area contributed by atoms with Gasteiger partial charge in [-0.2, -0.15) is 5.10 Å². The molecule has 4 heteroatoms. The highest BCUT2D eigenvalue weighted by atomic mass is 15.3. The summed E-state index contributed by atoms with van der Waals surface area (Å²) in [5.41, 5.74) is 2.10. The third kappa shape index (κ3) is 1.96. The standard InChI is InChI=1S/C12H16N4/c1-9-14-8-15-16(9)10-5-6-11(13-7-10)12(2,3)4/h5-8H,1-4H3. The van der Waals surface area contributed by atoms with Gasteiger partial charge in [-0.3, -0.25) is 4.98 Å². The van der Waals surface area contributed by atoms with Gasteiger partial charge in [0.15, 0.2) is 0 Å². The zero-order chi connectivity index (χ0) is 11.8. The maximum absolute atomic E-state index is 4.46. The first-order valence-electron chi connectivity index (χ1n) is 5.32. The lowest BCUT2D eigenvalue weighted by Crippen LogP contribution is -2.13. The van der Waals surface area contributed by atoms with Crippen LogP contribution in [0.1, 0.15) is 32.3 Å². The van der Waals surface area contributed by atoms with Crippen molar-refractivity contribution in [3.05, 3.63) is 36.2 Å². The molecule has 2 aromatic heterocycles. The molecule has 2 aromatic rings. The highest BCUT2D eigenvalue weighted by Gasteiger charge is 2.15. The summed E-state index contributed by atoms with van der Waals surface area (Å²) in [7, 11) is 0. The predicted molar refractivity (Wildman–Crippen MR) is 62.6 cm³/mol. The second kappa shape index (κ2) is 3.70. The van der Waals surface area contributed by atoms with Gasteiger partial charge >= 0.3 is 0 Å². The van der Waals surface area contributed by atoms with Crippen LogP contribution in [0.5, 0.6) is 0 Å². The minimum atomic E-state index is 0.0793. The van der Waals surface area contributed by atoms with Crippen molar-refractivity contribution in [3.8, 4) is 5.69 Å². The second-order valence-electron chi connectivity index (χ2n) is 4.87. The van der Waals surface area contributed by atoms with Crippen LogP contribution >= 0.6 is 0 Å². The average Bonchev–Trinajstić information content (AvgIpc) is 2.63. The summed E-state index contributed by atoms with van der Waals surface area (Å²) < 4.78 is 1.78. The number of pyridine rings is 1. The zero-order valence-corrected chi connectivity index (χ0v) is 10.1. The number of hydrogen-bond donors (Lipinski definition) is 0. The van der Waals surface area contributed by atoms with E-state index in [2.05, 4.69) is 35.8 Å². The molecule has 0 radical (unpaired) electrons. The van der Waals surface area contributed by atoms with Gasteiger partial charge in [0.05, 0.1) is 11.9 Å². The summed E-state index contributed by atoms with van der Waals surface area (Å²) in [5, 5.41) is 4.14. The van der Waals surface area contributed by atoms with E-state index in [0.29, 0.717) is 0 Å². The van der Waals surface area contributed by atoms with Crippen LogP contribution in [0.4, 0.5) is 0 Å². The van der Waals surface area contributed by atoms with Crippen molar-refractivity contribution in [2.45, 2.75) is 33.1 Å². The summed E-state index contributed by atoms with van der Waals surface area (Å²) in [6.07, 6.45) is 3.38. The molecule has 0 spiro atoms. The van der Waals surface area contributed by atoms with Crippen LogP contribution in [0.25, 0.3) is 5.69 Å². The molecule has 0 fully saturated rings. The summed E-state index contributed by atoms with van der Waals surface area (Å²) in [6, 6.07) is 4.06. The molecule has 84 valence electrons. The lowest BCUT2D eigenvalue weighted by molar-refractivity contribution is 0.568. The largest absolute Gasteiger partial charge is 0.258 e. The Hall–Kier alpha value is -1.71. The Labute approximate surface area is 95.4 Å². The smallest absolute Gasteiger partial charge is 0.138 e. The molecule has 16 heavy (non-hydrogen) atoms. The van der Waals surface area contributed by atoms with Crippen molar-refractivity contribution in [2.75, 3.05) is 0 Å². The van der Waals surface area contributed by atoms with Crippen molar-refractivity contribution >= 4 is 0 Å². The summed E-state index contributed by atoms with van der Waals surface area (Å²) >= 11 is 0. The number of nitrogens with zero attached hydrogens (tertiary/aromatic N) is 4. The molecule has 0 aromatic carbocycles. The summed E-state index contributed by atoms with van der Waals surface area (Å²) in [4.78, 5) is 8.55. The van der Waals surface area contributed by atoms with Gasteiger partial charge in [0.2, 0.25) is 0 Å². The molecule has 0 unspecified atom stereocenters. The van der Waals surface area contributed by atoms with Crippen LogP contribution in [0, 0.1) is 6.92 Å². The van der Waals surface area contributed by atoms with Crippen molar-refractivity contribution in [2.24, 2.45) is 0 Å². The first kappa shape index (κ1) is 10.8. The lowest BCUT2D eigenvalue weighted by atomic mass is 9.92. The van der Waals surface area contributed by atoms with Gasteiger partial charge in [0.1, 0.15) is 12.2 Å². The van der Waals surface area contributed by atoms with E-state index in [-0.39, 0.29) is 5.41 Å². The van der Waals surface area contributed by atoms with E-state index in [4.69, 9.17) is 0 Å². The molecule has 0 saturated heterocycles. The number of rotatable bonds is 1. The van der Waals surface area contributed by atoms with Gasteiger partial charge in [0.25, 0.3) is 0 Å². The minimum Gasteiger partial charge on any atom is -0.258 e. The predicted octanol–water partition coefficient (Wildman–Crippen LogP) is 2.27. The molecule has 0 N–H and O–H groups in total. The maximum Gasteiger partial charge on any atom is 0.138 e. The van der Waals surface area contributed by atoms with Gasteiger partial charge in [-0.15, -0.1) is 0 Å². The van der Waals surface area contributed by atoms with E-state index >= 15 is 0 Å². The Morgan fingerprint density at radius 1 is 1.12 bits per heavy atom. The topological polar surface area (TPSA) is 43.6 Å². The molecule has 0 aliphatic carbocycles. The maximum atomic E-state index is 4.46. The minimum absolute atomic E-state index is 0.0793. The van der Waals surface area contributed by atoms with Crippen LogP contribution < -0.4 is 0 Å². The summed E-state index contributed by atoms with van der Waals surface area (Å²) in [6.45, 7) is 8.37. The molecule has 2 heterocycles. The fourth-order valence-electron chi connectivity index (χ4n) is 1.51. The second-order valence-corrected chi connectivity index (χ2v) is 4.87. The first-order chi connectivity index (χ1) is 7.48. The Bertz CT molecular complexity index is 476.